The van der Waals surface area contributed by atoms with Crippen molar-refractivity contribution < 1.29 is 19.0 Å². The quantitative estimate of drug-likeness (QED) is 0.318. The number of hydrogen-bond acceptors (Lipinski definition) is 4. The molecule has 0 N–H and O–H groups in total. The Morgan fingerprint density at radius 2 is 1.82 bits per heavy atom. The molecular weight excluding hydrogens is 220 g/mol. The molecule has 0 radical (unpaired) electrons. The molecule has 0 fully saturated rings. The minimum Gasteiger partial charge on any atom is -0.460 e. The maximum absolute atomic E-state index is 11.4. The van der Waals surface area contributed by atoms with Crippen molar-refractivity contribution in [1.29, 1.82) is 0 Å². The fourth-order valence-corrected chi connectivity index (χ4v) is 1.09. The summed E-state index contributed by atoms with van der Waals surface area (Å²) in [7, 11) is 0. The van der Waals surface area contributed by atoms with Gasteiger partial charge in [0.2, 0.25) is 0 Å². The second-order valence-corrected chi connectivity index (χ2v) is 3.65. The van der Waals surface area contributed by atoms with Gasteiger partial charge in [-0.05, 0) is 13.3 Å². The number of ether oxygens (including phenoxy) is 3. The van der Waals surface area contributed by atoms with E-state index in [0.29, 0.717) is 31.8 Å². The van der Waals surface area contributed by atoms with Crippen molar-refractivity contribution in [3.8, 4) is 0 Å². The van der Waals surface area contributed by atoms with Crippen LogP contribution in [-0.4, -0.2) is 39.0 Å². The SMILES string of the molecule is C=C(CCOCCCC)C(=O)OCCOCC. The highest BCUT2D eigenvalue weighted by molar-refractivity contribution is 5.87. The van der Waals surface area contributed by atoms with Gasteiger partial charge in [0.15, 0.2) is 0 Å². The van der Waals surface area contributed by atoms with Gasteiger partial charge in [-0.25, -0.2) is 4.79 Å². The van der Waals surface area contributed by atoms with Crippen molar-refractivity contribution >= 4 is 5.97 Å². The van der Waals surface area contributed by atoms with Crippen molar-refractivity contribution in [1.82, 2.24) is 0 Å². The van der Waals surface area contributed by atoms with Crippen LogP contribution in [0.4, 0.5) is 0 Å². The molecule has 0 aromatic heterocycles. The van der Waals surface area contributed by atoms with Gasteiger partial charge >= 0.3 is 5.97 Å². The van der Waals surface area contributed by atoms with Gasteiger partial charge in [0.25, 0.3) is 0 Å². The summed E-state index contributed by atoms with van der Waals surface area (Å²) in [6.07, 6.45) is 2.68. The molecule has 0 aromatic carbocycles. The summed E-state index contributed by atoms with van der Waals surface area (Å²) in [6, 6.07) is 0. The van der Waals surface area contributed by atoms with Crippen LogP contribution in [0.1, 0.15) is 33.1 Å². The summed E-state index contributed by atoms with van der Waals surface area (Å²) in [5.74, 6) is -0.358. The van der Waals surface area contributed by atoms with Crippen LogP contribution < -0.4 is 0 Å². The molecule has 0 aliphatic carbocycles. The first kappa shape index (κ1) is 16.1. The fourth-order valence-electron chi connectivity index (χ4n) is 1.09. The highest BCUT2D eigenvalue weighted by Crippen LogP contribution is 2.02. The molecule has 4 nitrogen and oxygen atoms in total. The Morgan fingerprint density at radius 3 is 2.47 bits per heavy atom. The Hall–Kier alpha value is -0.870. The summed E-state index contributed by atoms with van der Waals surface area (Å²) in [5, 5.41) is 0. The molecule has 0 aromatic rings. The lowest BCUT2D eigenvalue weighted by Gasteiger charge is -2.07. The van der Waals surface area contributed by atoms with E-state index in [1.165, 1.54) is 0 Å². The Labute approximate surface area is 104 Å². The lowest BCUT2D eigenvalue weighted by Crippen LogP contribution is -2.13. The average molecular weight is 244 g/mol. The number of esters is 1. The minimum absolute atomic E-state index is 0.280. The van der Waals surface area contributed by atoms with E-state index in [0.717, 1.165) is 19.4 Å². The van der Waals surface area contributed by atoms with Crippen LogP contribution in [0.15, 0.2) is 12.2 Å². The van der Waals surface area contributed by atoms with Crippen LogP contribution in [0.2, 0.25) is 0 Å². The van der Waals surface area contributed by atoms with Gasteiger partial charge in [0.1, 0.15) is 6.61 Å². The normalized spacial score (nSPS) is 10.2. The molecule has 0 aliphatic heterocycles. The Morgan fingerprint density at radius 1 is 1.06 bits per heavy atom. The van der Waals surface area contributed by atoms with E-state index in [2.05, 4.69) is 13.5 Å². The molecule has 0 heterocycles. The van der Waals surface area contributed by atoms with Crippen molar-refractivity contribution in [2.24, 2.45) is 0 Å². The molecule has 17 heavy (non-hydrogen) atoms. The summed E-state index contributed by atoms with van der Waals surface area (Å²) in [4.78, 5) is 11.4. The second kappa shape index (κ2) is 11.6. The molecule has 0 atom stereocenters. The third-order valence-electron chi connectivity index (χ3n) is 2.14. The molecule has 0 bridgehead atoms. The van der Waals surface area contributed by atoms with Gasteiger partial charge in [0, 0.05) is 25.2 Å². The highest BCUT2D eigenvalue weighted by atomic mass is 16.6. The van der Waals surface area contributed by atoms with Crippen molar-refractivity contribution in [3.63, 3.8) is 0 Å². The van der Waals surface area contributed by atoms with E-state index in [1.54, 1.807) is 0 Å². The predicted octanol–water partition coefficient (Wildman–Crippen LogP) is 2.33. The smallest absolute Gasteiger partial charge is 0.333 e. The molecule has 0 amide bonds. The standard InChI is InChI=1S/C13H24O4/c1-4-6-8-16-9-7-12(3)13(14)17-11-10-15-5-2/h3-11H2,1-2H3. The molecule has 0 aliphatic rings. The molecule has 0 unspecified atom stereocenters. The first-order valence-electron chi connectivity index (χ1n) is 6.22. The minimum atomic E-state index is -0.358. The van der Waals surface area contributed by atoms with Crippen molar-refractivity contribution in [2.75, 3.05) is 33.0 Å². The summed E-state index contributed by atoms with van der Waals surface area (Å²) in [5.41, 5.74) is 0.456. The van der Waals surface area contributed by atoms with E-state index in [-0.39, 0.29) is 12.6 Å². The fraction of sp³-hybridized carbons (Fsp3) is 0.769. The summed E-state index contributed by atoms with van der Waals surface area (Å²) < 4.78 is 15.4. The van der Waals surface area contributed by atoms with E-state index >= 15 is 0 Å². The second-order valence-electron chi connectivity index (χ2n) is 3.65. The van der Waals surface area contributed by atoms with Gasteiger partial charge < -0.3 is 14.2 Å². The van der Waals surface area contributed by atoms with Crippen LogP contribution in [0.25, 0.3) is 0 Å². The van der Waals surface area contributed by atoms with E-state index in [9.17, 15) is 4.79 Å². The number of rotatable bonds is 11. The third kappa shape index (κ3) is 10.0. The van der Waals surface area contributed by atoms with Crippen LogP contribution in [0.3, 0.4) is 0 Å². The Bertz CT molecular complexity index is 213. The van der Waals surface area contributed by atoms with Crippen LogP contribution in [0.5, 0.6) is 0 Å². The summed E-state index contributed by atoms with van der Waals surface area (Å²) in [6.45, 7) is 10.3. The van der Waals surface area contributed by atoms with E-state index in [1.807, 2.05) is 6.92 Å². The Balaban J connectivity index is 3.44. The first-order valence-corrected chi connectivity index (χ1v) is 6.22. The molecule has 0 spiro atoms. The number of carbonyl (C=O) groups is 1. The zero-order chi connectivity index (χ0) is 12.9. The largest absolute Gasteiger partial charge is 0.460 e. The lowest BCUT2D eigenvalue weighted by molar-refractivity contribution is -0.140. The van der Waals surface area contributed by atoms with Crippen LogP contribution in [-0.2, 0) is 19.0 Å². The zero-order valence-electron chi connectivity index (χ0n) is 11.0. The molecule has 0 rings (SSSR count). The number of unbranched alkanes of at least 4 members (excludes halogenated alkanes) is 1. The lowest BCUT2D eigenvalue weighted by atomic mass is 10.2. The van der Waals surface area contributed by atoms with E-state index < -0.39 is 0 Å². The monoisotopic (exact) mass is 244 g/mol. The van der Waals surface area contributed by atoms with E-state index in [4.69, 9.17) is 14.2 Å². The number of carbonyl (C=O) groups excluding carboxylic acids is 1. The van der Waals surface area contributed by atoms with Gasteiger partial charge in [-0.1, -0.05) is 19.9 Å². The highest BCUT2D eigenvalue weighted by Gasteiger charge is 2.07. The molecule has 0 saturated carbocycles. The summed E-state index contributed by atoms with van der Waals surface area (Å²) >= 11 is 0. The molecule has 100 valence electrons. The Kier molecular flexibility index (Phi) is 11.0. The van der Waals surface area contributed by atoms with Crippen LogP contribution in [0, 0.1) is 0 Å². The third-order valence-corrected chi connectivity index (χ3v) is 2.14. The zero-order valence-corrected chi connectivity index (χ0v) is 11.0. The van der Waals surface area contributed by atoms with Gasteiger partial charge in [-0.2, -0.15) is 0 Å². The average Bonchev–Trinajstić information content (AvgIpc) is 2.34. The van der Waals surface area contributed by atoms with Gasteiger partial charge in [-0.3, -0.25) is 0 Å². The topological polar surface area (TPSA) is 44.8 Å². The predicted molar refractivity (Wildman–Crippen MR) is 66.9 cm³/mol. The maximum atomic E-state index is 11.4. The molecular formula is C13H24O4. The first-order chi connectivity index (χ1) is 8.22. The van der Waals surface area contributed by atoms with Crippen LogP contribution >= 0.6 is 0 Å². The molecule has 0 saturated heterocycles. The number of hydrogen-bond donors (Lipinski definition) is 0. The van der Waals surface area contributed by atoms with Gasteiger partial charge in [-0.15, -0.1) is 0 Å². The maximum Gasteiger partial charge on any atom is 0.333 e. The van der Waals surface area contributed by atoms with Crippen molar-refractivity contribution in [2.45, 2.75) is 33.1 Å². The van der Waals surface area contributed by atoms with Gasteiger partial charge in [0.05, 0.1) is 13.2 Å². The van der Waals surface area contributed by atoms with Crippen molar-refractivity contribution in [3.05, 3.63) is 12.2 Å². The molecule has 4 heteroatoms.